The monoisotopic (exact) mass is 330 g/mol. The molecule has 0 spiro atoms. The Bertz CT molecular complexity index is 602. The van der Waals surface area contributed by atoms with Gasteiger partial charge < -0.3 is 11.1 Å². The SMILES string of the molecule is Nc1ccc(Nc2ccc(F)c(Br)c2)c(C(F)F)c1. The van der Waals surface area contributed by atoms with E-state index in [1.54, 1.807) is 0 Å². The minimum absolute atomic E-state index is 0.194. The third kappa shape index (κ3) is 3.20. The Morgan fingerprint density at radius 3 is 2.47 bits per heavy atom. The van der Waals surface area contributed by atoms with Crippen molar-refractivity contribution in [2.24, 2.45) is 0 Å². The van der Waals surface area contributed by atoms with E-state index in [-0.39, 0.29) is 21.4 Å². The molecule has 0 fully saturated rings. The summed E-state index contributed by atoms with van der Waals surface area (Å²) in [6, 6.07) is 8.38. The van der Waals surface area contributed by atoms with Crippen molar-refractivity contribution in [3.05, 3.63) is 52.3 Å². The van der Waals surface area contributed by atoms with Crippen molar-refractivity contribution in [3.63, 3.8) is 0 Å². The fourth-order valence-electron chi connectivity index (χ4n) is 1.60. The van der Waals surface area contributed by atoms with Crippen LogP contribution in [0.4, 0.5) is 30.2 Å². The van der Waals surface area contributed by atoms with Gasteiger partial charge >= 0.3 is 0 Å². The van der Waals surface area contributed by atoms with E-state index in [9.17, 15) is 13.2 Å². The Morgan fingerprint density at radius 2 is 1.84 bits per heavy atom. The number of hydrogen-bond donors (Lipinski definition) is 2. The first-order chi connectivity index (χ1) is 8.97. The van der Waals surface area contributed by atoms with Gasteiger partial charge in [0.2, 0.25) is 0 Å². The Hall–Kier alpha value is -1.69. The molecule has 2 aromatic carbocycles. The fourth-order valence-corrected chi connectivity index (χ4v) is 1.98. The van der Waals surface area contributed by atoms with Crippen molar-refractivity contribution in [2.45, 2.75) is 6.43 Å². The van der Waals surface area contributed by atoms with E-state index in [4.69, 9.17) is 5.73 Å². The first-order valence-corrected chi connectivity index (χ1v) is 6.16. The lowest BCUT2D eigenvalue weighted by molar-refractivity contribution is 0.152. The topological polar surface area (TPSA) is 38.0 Å². The molecular weight excluding hydrogens is 321 g/mol. The van der Waals surface area contributed by atoms with Crippen molar-refractivity contribution in [3.8, 4) is 0 Å². The van der Waals surface area contributed by atoms with Crippen molar-refractivity contribution < 1.29 is 13.2 Å². The molecule has 0 heterocycles. The third-order valence-electron chi connectivity index (χ3n) is 2.51. The van der Waals surface area contributed by atoms with Crippen LogP contribution in [0.1, 0.15) is 12.0 Å². The van der Waals surface area contributed by atoms with E-state index in [0.717, 1.165) is 0 Å². The summed E-state index contributed by atoms with van der Waals surface area (Å²) < 4.78 is 39.1. The molecule has 6 heteroatoms. The van der Waals surface area contributed by atoms with Crippen molar-refractivity contribution >= 4 is 33.0 Å². The molecule has 0 aliphatic heterocycles. The molecule has 100 valence electrons. The summed E-state index contributed by atoms with van der Waals surface area (Å²) in [6.45, 7) is 0. The van der Waals surface area contributed by atoms with Gasteiger partial charge in [-0.1, -0.05) is 0 Å². The molecule has 2 rings (SSSR count). The van der Waals surface area contributed by atoms with Gasteiger partial charge in [-0.05, 0) is 52.3 Å². The maximum atomic E-state index is 13.1. The summed E-state index contributed by atoms with van der Waals surface area (Å²) in [7, 11) is 0. The quantitative estimate of drug-likeness (QED) is 0.789. The van der Waals surface area contributed by atoms with Crippen LogP contribution in [-0.2, 0) is 0 Å². The number of nitrogen functional groups attached to an aromatic ring is 1. The van der Waals surface area contributed by atoms with E-state index in [1.165, 1.54) is 36.4 Å². The molecule has 0 amide bonds. The average Bonchev–Trinajstić information content (AvgIpc) is 2.36. The maximum absolute atomic E-state index is 13.1. The van der Waals surface area contributed by atoms with E-state index >= 15 is 0 Å². The zero-order valence-corrected chi connectivity index (χ0v) is 11.2. The lowest BCUT2D eigenvalue weighted by Crippen LogP contribution is -1.98. The highest BCUT2D eigenvalue weighted by atomic mass is 79.9. The van der Waals surface area contributed by atoms with Crippen LogP contribution in [0.2, 0.25) is 0 Å². The second-order valence-corrected chi connectivity index (χ2v) is 4.76. The summed E-state index contributed by atoms with van der Waals surface area (Å²) in [5.41, 5.74) is 6.29. The molecule has 0 aliphatic rings. The highest BCUT2D eigenvalue weighted by Gasteiger charge is 2.13. The highest BCUT2D eigenvalue weighted by molar-refractivity contribution is 9.10. The van der Waals surface area contributed by atoms with Crippen LogP contribution in [0, 0.1) is 5.82 Å². The second-order valence-electron chi connectivity index (χ2n) is 3.90. The third-order valence-corrected chi connectivity index (χ3v) is 3.12. The van der Waals surface area contributed by atoms with Crippen LogP contribution in [-0.4, -0.2) is 0 Å². The Labute approximate surface area is 116 Å². The Morgan fingerprint density at radius 1 is 1.11 bits per heavy atom. The number of hydrogen-bond acceptors (Lipinski definition) is 2. The van der Waals surface area contributed by atoms with E-state index < -0.39 is 12.2 Å². The van der Waals surface area contributed by atoms with E-state index in [2.05, 4.69) is 21.2 Å². The lowest BCUT2D eigenvalue weighted by atomic mass is 10.1. The van der Waals surface area contributed by atoms with Crippen molar-refractivity contribution in [1.82, 2.24) is 0 Å². The number of halogens is 4. The smallest absolute Gasteiger partial charge is 0.265 e. The van der Waals surface area contributed by atoms with Gasteiger partial charge in [0.1, 0.15) is 5.82 Å². The van der Waals surface area contributed by atoms with Crippen LogP contribution in [0.5, 0.6) is 0 Å². The molecule has 0 aromatic heterocycles. The van der Waals surface area contributed by atoms with Crippen LogP contribution < -0.4 is 11.1 Å². The second kappa shape index (κ2) is 5.52. The molecule has 0 bridgehead atoms. The molecule has 0 atom stereocenters. The number of nitrogens with one attached hydrogen (secondary N) is 1. The molecule has 0 saturated carbocycles. The van der Waals surface area contributed by atoms with Crippen LogP contribution in [0.25, 0.3) is 0 Å². The predicted octanol–water partition coefficient (Wildman–Crippen LogP) is 4.85. The molecule has 2 nitrogen and oxygen atoms in total. The van der Waals surface area contributed by atoms with E-state index in [0.29, 0.717) is 5.69 Å². The summed E-state index contributed by atoms with van der Waals surface area (Å²) in [5, 5.41) is 2.82. The fraction of sp³-hybridized carbons (Fsp3) is 0.0769. The van der Waals surface area contributed by atoms with Gasteiger partial charge in [0.15, 0.2) is 0 Å². The largest absolute Gasteiger partial charge is 0.399 e. The molecule has 0 radical (unpaired) electrons. The highest BCUT2D eigenvalue weighted by Crippen LogP contribution is 2.32. The summed E-state index contributed by atoms with van der Waals surface area (Å²) in [4.78, 5) is 0. The lowest BCUT2D eigenvalue weighted by Gasteiger charge is -2.12. The first-order valence-electron chi connectivity index (χ1n) is 5.37. The number of anilines is 3. The minimum atomic E-state index is -2.64. The summed E-state index contributed by atoms with van der Waals surface area (Å²) in [5.74, 6) is -0.420. The summed E-state index contributed by atoms with van der Waals surface area (Å²) >= 11 is 3.04. The zero-order valence-electron chi connectivity index (χ0n) is 9.63. The first kappa shape index (κ1) is 13.7. The standard InChI is InChI=1S/C13H10BrF3N2/c14-10-6-8(2-3-11(10)15)19-12-4-1-7(18)5-9(12)13(16)17/h1-6,13,19H,18H2. The summed E-state index contributed by atoms with van der Waals surface area (Å²) in [6.07, 6.45) is -2.64. The molecule has 0 aliphatic carbocycles. The van der Waals surface area contributed by atoms with Gasteiger partial charge in [0, 0.05) is 22.6 Å². The Balaban J connectivity index is 2.35. The molecule has 19 heavy (non-hydrogen) atoms. The molecule has 3 N–H and O–H groups in total. The molecule has 0 saturated heterocycles. The molecule has 2 aromatic rings. The maximum Gasteiger partial charge on any atom is 0.265 e. The zero-order chi connectivity index (χ0) is 14.0. The average molecular weight is 331 g/mol. The number of benzene rings is 2. The number of alkyl halides is 2. The normalized spacial score (nSPS) is 10.8. The van der Waals surface area contributed by atoms with Crippen molar-refractivity contribution in [2.75, 3.05) is 11.1 Å². The molecule has 0 unspecified atom stereocenters. The predicted molar refractivity (Wildman–Crippen MR) is 73.2 cm³/mol. The van der Waals surface area contributed by atoms with Gasteiger partial charge in [-0.2, -0.15) is 0 Å². The minimum Gasteiger partial charge on any atom is -0.399 e. The van der Waals surface area contributed by atoms with Crippen LogP contribution in [0.3, 0.4) is 0 Å². The number of rotatable bonds is 3. The number of nitrogens with two attached hydrogens (primary N) is 1. The van der Waals surface area contributed by atoms with Crippen LogP contribution >= 0.6 is 15.9 Å². The van der Waals surface area contributed by atoms with Gasteiger partial charge in [0.25, 0.3) is 6.43 Å². The van der Waals surface area contributed by atoms with Gasteiger partial charge in [-0.25, -0.2) is 13.2 Å². The molecular formula is C13H10BrF3N2. The Kier molecular flexibility index (Phi) is 3.99. The van der Waals surface area contributed by atoms with E-state index in [1.807, 2.05) is 0 Å². The van der Waals surface area contributed by atoms with Gasteiger partial charge in [0.05, 0.1) is 4.47 Å². The van der Waals surface area contributed by atoms with Crippen LogP contribution in [0.15, 0.2) is 40.9 Å². The van der Waals surface area contributed by atoms with Gasteiger partial charge in [-0.15, -0.1) is 0 Å². The van der Waals surface area contributed by atoms with Gasteiger partial charge in [-0.3, -0.25) is 0 Å². The van der Waals surface area contributed by atoms with Crippen molar-refractivity contribution in [1.29, 1.82) is 0 Å².